The van der Waals surface area contributed by atoms with E-state index in [9.17, 15) is 4.79 Å². The third-order valence-corrected chi connectivity index (χ3v) is 3.98. The molecular formula is C19H23ClN2O. The molecule has 0 aliphatic heterocycles. The molecule has 1 atom stereocenters. The van der Waals surface area contributed by atoms with Crippen molar-refractivity contribution in [3.63, 3.8) is 0 Å². The van der Waals surface area contributed by atoms with Crippen molar-refractivity contribution in [2.24, 2.45) is 0 Å². The van der Waals surface area contributed by atoms with Crippen LogP contribution in [0.25, 0.3) is 0 Å². The van der Waals surface area contributed by atoms with Gasteiger partial charge in [-0.3, -0.25) is 0 Å². The lowest BCUT2D eigenvalue weighted by Crippen LogP contribution is -2.31. The molecule has 0 fully saturated rings. The number of carbonyl (C=O) groups excluding carboxylic acids is 1. The first-order valence-electron chi connectivity index (χ1n) is 7.69. The summed E-state index contributed by atoms with van der Waals surface area (Å²) in [5.41, 5.74) is 3.19. The Hall–Kier alpha value is -2.00. The number of nitrogens with one attached hydrogen (secondary N) is 2. The Kier molecular flexibility index (Phi) is 5.32. The Morgan fingerprint density at radius 3 is 2.09 bits per heavy atom. The van der Waals surface area contributed by atoms with Crippen LogP contribution in [0.15, 0.2) is 48.5 Å². The monoisotopic (exact) mass is 330 g/mol. The van der Waals surface area contributed by atoms with E-state index in [1.807, 2.05) is 6.92 Å². The maximum absolute atomic E-state index is 12.1. The molecule has 0 spiro atoms. The first kappa shape index (κ1) is 17.4. The highest BCUT2D eigenvalue weighted by Crippen LogP contribution is 2.24. The maximum Gasteiger partial charge on any atom is 0.319 e. The number of carbonyl (C=O) groups is 1. The highest BCUT2D eigenvalue weighted by molar-refractivity contribution is 6.30. The number of urea groups is 1. The van der Waals surface area contributed by atoms with Gasteiger partial charge in [0, 0.05) is 10.7 Å². The minimum Gasteiger partial charge on any atom is -0.331 e. The summed E-state index contributed by atoms with van der Waals surface area (Å²) >= 11 is 5.83. The van der Waals surface area contributed by atoms with Gasteiger partial charge in [-0.2, -0.15) is 0 Å². The number of hydrogen-bond acceptors (Lipinski definition) is 1. The van der Waals surface area contributed by atoms with Crippen molar-refractivity contribution in [1.82, 2.24) is 5.32 Å². The van der Waals surface area contributed by atoms with Crippen LogP contribution < -0.4 is 10.6 Å². The van der Waals surface area contributed by atoms with E-state index >= 15 is 0 Å². The van der Waals surface area contributed by atoms with Crippen molar-refractivity contribution in [3.05, 3.63) is 64.7 Å². The van der Waals surface area contributed by atoms with Gasteiger partial charge in [-0.05, 0) is 47.7 Å². The van der Waals surface area contributed by atoms with Gasteiger partial charge in [0.2, 0.25) is 0 Å². The van der Waals surface area contributed by atoms with E-state index in [-0.39, 0.29) is 17.5 Å². The van der Waals surface area contributed by atoms with Crippen LogP contribution in [-0.4, -0.2) is 6.03 Å². The summed E-state index contributed by atoms with van der Waals surface area (Å²) in [5, 5.41) is 6.37. The highest BCUT2D eigenvalue weighted by atomic mass is 35.5. The van der Waals surface area contributed by atoms with Crippen molar-refractivity contribution in [3.8, 4) is 0 Å². The normalized spacial score (nSPS) is 12.6. The van der Waals surface area contributed by atoms with E-state index in [0.29, 0.717) is 10.7 Å². The van der Waals surface area contributed by atoms with Gasteiger partial charge in [-0.1, -0.05) is 56.6 Å². The summed E-state index contributed by atoms with van der Waals surface area (Å²) in [7, 11) is 0. The molecule has 0 saturated carbocycles. The van der Waals surface area contributed by atoms with Crippen molar-refractivity contribution < 1.29 is 4.79 Å². The Labute approximate surface area is 143 Å². The van der Waals surface area contributed by atoms with Gasteiger partial charge in [0.15, 0.2) is 0 Å². The second kappa shape index (κ2) is 7.05. The fraction of sp³-hybridized carbons (Fsp3) is 0.316. The third-order valence-electron chi connectivity index (χ3n) is 3.73. The van der Waals surface area contributed by atoms with Crippen molar-refractivity contribution in [2.75, 3.05) is 5.32 Å². The van der Waals surface area contributed by atoms with Crippen LogP contribution >= 0.6 is 11.6 Å². The second-order valence-corrected chi connectivity index (χ2v) is 7.14. The lowest BCUT2D eigenvalue weighted by atomic mass is 9.86. The van der Waals surface area contributed by atoms with Crippen LogP contribution in [0.4, 0.5) is 10.5 Å². The Bertz CT molecular complexity index is 657. The van der Waals surface area contributed by atoms with E-state index in [1.54, 1.807) is 24.3 Å². The zero-order valence-electron chi connectivity index (χ0n) is 14.0. The zero-order chi connectivity index (χ0) is 17.0. The first-order valence-corrected chi connectivity index (χ1v) is 8.07. The molecule has 0 aromatic heterocycles. The van der Waals surface area contributed by atoms with Crippen LogP contribution in [0.5, 0.6) is 0 Å². The quantitative estimate of drug-likeness (QED) is 0.764. The largest absolute Gasteiger partial charge is 0.331 e. The molecule has 0 saturated heterocycles. The van der Waals surface area contributed by atoms with Crippen molar-refractivity contribution >= 4 is 23.3 Å². The average Bonchev–Trinajstić information content (AvgIpc) is 2.49. The molecule has 23 heavy (non-hydrogen) atoms. The molecule has 0 radical (unpaired) electrons. The predicted octanol–water partition coefficient (Wildman–Crippen LogP) is 5.52. The number of anilines is 1. The Morgan fingerprint density at radius 2 is 1.57 bits per heavy atom. The Balaban J connectivity index is 1.96. The van der Waals surface area contributed by atoms with Crippen LogP contribution in [0.1, 0.15) is 44.9 Å². The molecule has 2 rings (SSSR count). The molecule has 3 nitrogen and oxygen atoms in total. The summed E-state index contributed by atoms with van der Waals surface area (Å²) in [6, 6.07) is 15.1. The standard InChI is InChI=1S/C19H23ClN2O/c1-13(14-5-7-15(8-6-14)19(2,3)4)21-18(23)22-17-11-9-16(20)10-12-17/h5-13H,1-4H3,(H2,21,22,23). The fourth-order valence-corrected chi connectivity index (χ4v) is 2.38. The predicted molar refractivity (Wildman–Crippen MR) is 97.2 cm³/mol. The number of hydrogen-bond donors (Lipinski definition) is 2. The smallest absolute Gasteiger partial charge is 0.319 e. The average molecular weight is 331 g/mol. The van der Waals surface area contributed by atoms with E-state index in [1.165, 1.54) is 5.56 Å². The Morgan fingerprint density at radius 1 is 1.00 bits per heavy atom. The number of amides is 2. The number of rotatable bonds is 3. The van der Waals surface area contributed by atoms with E-state index < -0.39 is 0 Å². The molecule has 2 aromatic rings. The van der Waals surface area contributed by atoms with Crippen LogP contribution in [0.2, 0.25) is 5.02 Å². The van der Waals surface area contributed by atoms with Gasteiger partial charge in [0.1, 0.15) is 0 Å². The summed E-state index contributed by atoms with van der Waals surface area (Å²) in [6.45, 7) is 8.52. The van der Waals surface area contributed by atoms with Gasteiger partial charge in [0.05, 0.1) is 6.04 Å². The minimum absolute atomic E-state index is 0.0729. The van der Waals surface area contributed by atoms with E-state index in [4.69, 9.17) is 11.6 Å². The molecule has 4 heteroatoms. The van der Waals surface area contributed by atoms with Gasteiger partial charge in [-0.15, -0.1) is 0 Å². The van der Waals surface area contributed by atoms with Gasteiger partial charge in [0.25, 0.3) is 0 Å². The van der Waals surface area contributed by atoms with E-state index in [0.717, 1.165) is 5.56 Å². The summed E-state index contributed by atoms with van der Waals surface area (Å²) < 4.78 is 0. The molecule has 122 valence electrons. The molecule has 0 heterocycles. The number of benzene rings is 2. The maximum atomic E-state index is 12.1. The van der Waals surface area contributed by atoms with Gasteiger partial charge >= 0.3 is 6.03 Å². The van der Waals surface area contributed by atoms with Gasteiger partial charge < -0.3 is 10.6 Å². The lowest BCUT2D eigenvalue weighted by molar-refractivity contribution is 0.249. The zero-order valence-corrected chi connectivity index (χ0v) is 14.7. The van der Waals surface area contributed by atoms with Crippen LogP contribution in [-0.2, 0) is 5.41 Å². The van der Waals surface area contributed by atoms with Crippen molar-refractivity contribution in [2.45, 2.75) is 39.2 Å². The number of halogens is 1. The molecule has 1 unspecified atom stereocenters. The van der Waals surface area contributed by atoms with E-state index in [2.05, 4.69) is 55.7 Å². The van der Waals surface area contributed by atoms with Gasteiger partial charge in [-0.25, -0.2) is 4.79 Å². The molecule has 0 bridgehead atoms. The molecule has 2 amide bonds. The van der Waals surface area contributed by atoms with Crippen LogP contribution in [0.3, 0.4) is 0 Å². The second-order valence-electron chi connectivity index (χ2n) is 6.70. The summed E-state index contributed by atoms with van der Waals surface area (Å²) in [5.74, 6) is 0. The fourth-order valence-electron chi connectivity index (χ4n) is 2.25. The molecular weight excluding hydrogens is 308 g/mol. The third kappa shape index (κ3) is 5.00. The lowest BCUT2D eigenvalue weighted by Gasteiger charge is -2.21. The van der Waals surface area contributed by atoms with Crippen molar-refractivity contribution in [1.29, 1.82) is 0 Å². The summed E-state index contributed by atoms with van der Waals surface area (Å²) in [6.07, 6.45) is 0. The SMILES string of the molecule is CC(NC(=O)Nc1ccc(Cl)cc1)c1ccc(C(C)(C)C)cc1. The summed E-state index contributed by atoms with van der Waals surface area (Å²) in [4.78, 5) is 12.1. The minimum atomic E-state index is -0.236. The molecule has 2 aromatic carbocycles. The first-order chi connectivity index (χ1) is 10.8. The molecule has 0 aliphatic carbocycles. The van der Waals surface area contributed by atoms with Crippen LogP contribution in [0, 0.1) is 0 Å². The highest BCUT2D eigenvalue weighted by Gasteiger charge is 2.15. The molecule has 2 N–H and O–H groups in total. The molecule has 0 aliphatic rings. The topological polar surface area (TPSA) is 41.1 Å².